The van der Waals surface area contributed by atoms with E-state index >= 15 is 0 Å². The third-order valence-electron chi connectivity index (χ3n) is 10.5. The van der Waals surface area contributed by atoms with Gasteiger partial charge in [0.15, 0.2) is 5.78 Å². The number of allylic oxidation sites excluding steroid dienone is 2. The van der Waals surface area contributed by atoms with Gasteiger partial charge in [-0.2, -0.15) is 0 Å². The molecule has 6 heteroatoms. The molecule has 0 spiro atoms. The van der Waals surface area contributed by atoms with Crippen LogP contribution in [0.5, 0.6) is 0 Å². The van der Waals surface area contributed by atoms with Crippen molar-refractivity contribution in [2.45, 2.75) is 99.8 Å². The van der Waals surface area contributed by atoms with Crippen LogP contribution < -0.4 is 0 Å². The Kier molecular flexibility index (Phi) is 10.4. The number of rotatable bonds is 8. The van der Waals surface area contributed by atoms with E-state index in [9.17, 15) is 9.90 Å². The first-order valence-electron chi connectivity index (χ1n) is 17.8. The Morgan fingerprint density at radius 1 is 0.939 bits per heavy atom. The maximum Gasteiger partial charge on any atom is 0.162 e. The molecule has 1 aliphatic heterocycles. The van der Waals surface area contributed by atoms with Crippen LogP contribution in [0.25, 0.3) is 49.0 Å². The minimum absolute atomic E-state index is 0. The van der Waals surface area contributed by atoms with Crippen LogP contribution in [0.1, 0.15) is 105 Å². The molecule has 4 heterocycles. The summed E-state index contributed by atoms with van der Waals surface area (Å²) in [7, 11) is 0. The average Bonchev–Trinajstić information content (AvgIpc) is 3.44. The number of aliphatic hydroxyl groups is 1. The van der Waals surface area contributed by atoms with Crippen molar-refractivity contribution in [1.82, 2.24) is 14.4 Å². The molecule has 259 valence electrons. The fraction of sp³-hybridized carbons (Fsp3) is 0.419. The molecule has 49 heavy (non-hydrogen) atoms. The Balaban J connectivity index is 0.000000252. The largest absolute Gasteiger partial charge is 0.512 e. The maximum absolute atomic E-state index is 11.7. The summed E-state index contributed by atoms with van der Waals surface area (Å²) in [5.41, 5.74) is 8.63. The van der Waals surface area contributed by atoms with Gasteiger partial charge in [0.1, 0.15) is 6.33 Å². The van der Waals surface area contributed by atoms with Crippen LogP contribution in [0.4, 0.5) is 0 Å². The molecule has 5 nitrogen and oxygen atoms in total. The van der Waals surface area contributed by atoms with Gasteiger partial charge in [-0.1, -0.05) is 115 Å². The summed E-state index contributed by atoms with van der Waals surface area (Å²) in [6.45, 7) is 19.6. The summed E-state index contributed by atoms with van der Waals surface area (Å²) < 4.78 is 2.49. The fourth-order valence-electron chi connectivity index (χ4n) is 7.90. The van der Waals surface area contributed by atoms with Crippen LogP contribution in [-0.2, 0) is 36.7 Å². The molecule has 0 saturated carbocycles. The number of para-hydroxylation sites is 1. The average molecular weight is 833 g/mol. The zero-order chi connectivity index (χ0) is 34.5. The molecular weight excluding hydrogens is 783 g/mol. The van der Waals surface area contributed by atoms with Crippen LogP contribution in [0.15, 0.2) is 66.7 Å². The number of aromatic nitrogens is 3. The summed E-state index contributed by atoms with van der Waals surface area (Å²) in [5, 5.41) is 15.7. The number of benzene rings is 3. The molecule has 1 aliphatic rings. The Morgan fingerprint density at radius 3 is 2.27 bits per heavy atom. The van der Waals surface area contributed by atoms with Crippen LogP contribution in [0, 0.1) is 23.3 Å². The molecule has 0 unspecified atom stereocenters. The van der Waals surface area contributed by atoms with Gasteiger partial charge in [0.25, 0.3) is 0 Å². The van der Waals surface area contributed by atoms with Gasteiger partial charge in [-0.05, 0) is 54.7 Å². The normalized spacial score (nSPS) is 14.1. The van der Waals surface area contributed by atoms with Gasteiger partial charge in [-0.25, -0.2) is 4.98 Å². The van der Waals surface area contributed by atoms with E-state index in [1.165, 1.54) is 49.9 Å². The number of hydrogen-bond acceptors (Lipinski definition) is 4. The maximum atomic E-state index is 11.7. The Bertz CT molecular complexity index is 2210. The van der Waals surface area contributed by atoms with Crippen LogP contribution >= 0.6 is 0 Å². The third kappa shape index (κ3) is 6.32. The number of carbonyl (C=O) groups is 1. The van der Waals surface area contributed by atoms with Crippen LogP contribution in [0.3, 0.4) is 0 Å². The van der Waals surface area contributed by atoms with Crippen molar-refractivity contribution in [2.75, 3.05) is 0 Å². The third-order valence-corrected chi connectivity index (χ3v) is 10.5. The second-order valence-corrected chi connectivity index (χ2v) is 15.3. The monoisotopic (exact) mass is 833 g/mol. The molecule has 6 aromatic rings. The van der Waals surface area contributed by atoms with E-state index in [0.717, 1.165) is 54.1 Å². The molecule has 0 amide bonds. The molecule has 0 saturated heterocycles. The van der Waals surface area contributed by atoms with Crippen molar-refractivity contribution in [3.63, 3.8) is 0 Å². The van der Waals surface area contributed by atoms with E-state index in [1.54, 1.807) is 6.33 Å². The number of nitrogens with zero attached hydrogens (tertiary/aromatic N) is 3. The molecule has 0 fully saturated rings. The first kappa shape index (κ1) is 36.7. The SMILES string of the molecule is CC(C)(C)Cc1ncnc2c3[c-]c4ccccc4c4c3n3c(cc5cccc(c53)C4(C)C)c12.CCC(CC)C(=O)/C=C(\O)C(CC)CC.[Ir]. The number of hydrogen-bond donors (Lipinski definition) is 1. The van der Waals surface area contributed by atoms with Crippen molar-refractivity contribution in [1.29, 1.82) is 0 Å². The van der Waals surface area contributed by atoms with Gasteiger partial charge in [-0.3, -0.25) is 9.78 Å². The zero-order valence-electron chi connectivity index (χ0n) is 30.5. The van der Waals surface area contributed by atoms with Crippen molar-refractivity contribution in [3.8, 4) is 0 Å². The van der Waals surface area contributed by atoms with E-state index in [1.807, 2.05) is 27.7 Å². The smallest absolute Gasteiger partial charge is 0.162 e. The number of pyridine rings is 1. The van der Waals surface area contributed by atoms with Crippen molar-refractivity contribution in [3.05, 3.63) is 89.6 Å². The van der Waals surface area contributed by atoms with E-state index in [-0.39, 0.29) is 54.3 Å². The molecule has 1 N–H and O–H groups in total. The quantitative estimate of drug-likeness (QED) is 0.0545. The molecule has 3 aromatic carbocycles. The number of ketones is 1. The fourth-order valence-corrected chi connectivity index (χ4v) is 7.90. The first-order valence-corrected chi connectivity index (χ1v) is 17.8. The Labute approximate surface area is 304 Å². The van der Waals surface area contributed by atoms with Crippen molar-refractivity contribution < 1.29 is 30.0 Å². The second kappa shape index (κ2) is 14.0. The summed E-state index contributed by atoms with van der Waals surface area (Å²) in [5.74, 6) is 0.547. The van der Waals surface area contributed by atoms with E-state index < -0.39 is 0 Å². The van der Waals surface area contributed by atoms with E-state index in [0.29, 0.717) is 0 Å². The molecule has 0 atom stereocenters. The summed E-state index contributed by atoms with van der Waals surface area (Å²) in [4.78, 5) is 21.4. The Hall–Kier alpha value is -3.60. The molecule has 0 aliphatic carbocycles. The topological polar surface area (TPSA) is 67.5 Å². The van der Waals surface area contributed by atoms with Crippen LogP contribution in [-0.4, -0.2) is 25.3 Å². The van der Waals surface area contributed by atoms with Crippen LogP contribution in [0.2, 0.25) is 0 Å². The molecule has 3 aromatic heterocycles. The predicted molar refractivity (Wildman–Crippen MR) is 201 cm³/mol. The number of fused-ring (bicyclic) bond motifs is 5. The minimum Gasteiger partial charge on any atom is -0.512 e. The summed E-state index contributed by atoms with van der Waals surface area (Å²) in [6.07, 6.45) is 7.55. The minimum atomic E-state index is -0.136. The molecule has 7 rings (SSSR count). The van der Waals surface area contributed by atoms with Crippen molar-refractivity contribution in [2.24, 2.45) is 17.3 Å². The Morgan fingerprint density at radius 2 is 1.61 bits per heavy atom. The van der Waals surface area contributed by atoms with E-state index in [4.69, 9.17) is 9.97 Å². The van der Waals surface area contributed by atoms with Gasteiger partial charge in [0.2, 0.25) is 0 Å². The molecular formula is C43H50IrN3O2-. The van der Waals surface area contributed by atoms with Crippen molar-refractivity contribution >= 4 is 54.8 Å². The predicted octanol–water partition coefficient (Wildman–Crippen LogP) is 11.2. The summed E-state index contributed by atoms with van der Waals surface area (Å²) >= 11 is 0. The van der Waals surface area contributed by atoms with Gasteiger partial charge < -0.3 is 9.51 Å². The van der Waals surface area contributed by atoms with Gasteiger partial charge in [-0.15, -0.1) is 17.5 Å². The summed E-state index contributed by atoms with van der Waals surface area (Å²) in [6, 6.07) is 21.5. The standard InChI is InChI=1S/C30H26N3.C13H24O2.Ir/c1-29(2,3)15-22-24-23-14-18-10-8-12-21-27(18)33(23)28-20(26(24)32-16-31-22)13-17-9-6-7-11-19(17)25(28)30(21,4)5;1-5-10(6-2)12(14)9-13(15)11(7-3)8-4;/h6-12,14,16H,15H2,1-5H3;9-11,14H,5-8H2,1-4H3;/q-1;;/b;12-9-;. The van der Waals surface area contributed by atoms with Gasteiger partial charge in [0.05, 0.1) is 11.3 Å². The first-order chi connectivity index (χ1) is 22.9. The van der Waals surface area contributed by atoms with E-state index in [2.05, 4.69) is 93.6 Å². The number of aliphatic hydroxyl groups excluding tert-OH is 1. The molecule has 0 bridgehead atoms. The van der Waals surface area contributed by atoms with Gasteiger partial charge >= 0.3 is 0 Å². The number of carbonyl (C=O) groups excluding carboxylic acids is 1. The second-order valence-electron chi connectivity index (χ2n) is 15.3. The molecule has 1 radical (unpaired) electrons. The van der Waals surface area contributed by atoms with Gasteiger partial charge in [0, 0.05) is 70.9 Å². The zero-order valence-corrected chi connectivity index (χ0v) is 32.9.